The first-order valence-corrected chi connectivity index (χ1v) is 14.7. The first kappa shape index (κ1) is 28.5. The van der Waals surface area contributed by atoms with Crippen LogP contribution in [-0.2, 0) is 24.3 Å². The van der Waals surface area contributed by atoms with Gasteiger partial charge in [0.2, 0.25) is 6.79 Å². The lowest BCUT2D eigenvalue weighted by molar-refractivity contribution is -0.122. The molecule has 3 aromatic rings. The summed E-state index contributed by atoms with van der Waals surface area (Å²) < 4.78 is 12.9. The second-order valence-electron chi connectivity index (χ2n) is 9.80. The van der Waals surface area contributed by atoms with Gasteiger partial charge in [-0.1, -0.05) is 73.7 Å². The lowest BCUT2D eigenvalue weighted by Crippen LogP contribution is -2.29. The second kappa shape index (κ2) is 12.6. The zero-order valence-corrected chi connectivity index (χ0v) is 24.6. The van der Waals surface area contributed by atoms with E-state index in [0.717, 1.165) is 24.8 Å². The third-order valence-electron chi connectivity index (χ3n) is 7.09. The number of nitrogens with zero attached hydrogens (tertiary/aromatic N) is 3. The molecule has 0 spiro atoms. The van der Waals surface area contributed by atoms with E-state index in [0.29, 0.717) is 57.3 Å². The number of benzene rings is 2. The number of ether oxygens (including phenoxy) is 2. The van der Waals surface area contributed by atoms with E-state index in [9.17, 15) is 14.9 Å². The van der Waals surface area contributed by atoms with Gasteiger partial charge in [-0.3, -0.25) is 19.1 Å². The van der Waals surface area contributed by atoms with Gasteiger partial charge in [-0.25, -0.2) is 0 Å². The van der Waals surface area contributed by atoms with Crippen molar-refractivity contribution in [3.8, 4) is 17.6 Å². The molecule has 41 heavy (non-hydrogen) atoms. The predicted octanol–water partition coefficient (Wildman–Crippen LogP) is 5.61. The van der Waals surface area contributed by atoms with Crippen molar-refractivity contribution in [1.29, 1.82) is 5.26 Å². The molecule has 5 rings (SSSR count). The lowest BCUT2D eigenvalue weighted by atomic mass is 10.0. The van der Waals surface area contributed by atoms with Crippen LogP contribution in [0, 0.1) is 18.3 Å². The summed E-state index contributed by atoms with van der Waals surface area (Å²) in [6.07, 6.45) is 4.18. The Balaban J connectivity index is 1.49. The average molecular weight is 587 g/mol. The molecule has 2 aliphatic rings. The summed E-state index contributed by atoms with van der Waals surface area (Å²) in [6, 6.07) is 17.7. The molecule has 0 atom stereocenters. The van der Waals surface area contributed by atoms with Crippen molar-refractivity contribution < 1.29 is 14.3 Å². The number of thiocarbonyl (C=S) groups is 1. The maximum absolute atomic E-state index is 13.6. The van der Waals surface area contributed by atoms with E-state index in [1.165, 1.54) is 17.3 Å². The van der Waals surface area contributed by atoms with Crippen molar-refractivity contribution in [2.24, 2.45) is 0 Å². The fourth-order valence-electron chi connectivity index (χ4n) is 4.84. The third-order valence-corrected chi connectivity index (χ3v) is 8.46. The summed E-state index contributed by atoms with van der Waals surface area (Å²) in [4.78, 5) is 29.0. The summed E-state index contributed by atoms with van der Waals surface area (Å²) in [5.74, 6) is 1.70. The number of aromatic nitrogens is 1. The van der Waals surface area contributed by atoms with E-state index in [4.69, 9.17) is 21.7 Å². The quantitative estimate of drug-likeness (QED) is 0.242. The Labute approximate surface area is 248 Å². The molecular weight excluding hydrogens is 556 g/mol. The SMILES string of the molecule is CCCCn1c(NCCc2ccccc2)c(/C=C2/SC(=S)N(Cc3ccc4c(c3)OCO4)C2=O)c(C)c(C#N)c1=O. The number of unbranched alkanes of at least 4 members (excludes halogenated alkanes) is 1. The zero-order chi connectivity index (χ0) is 28.9. The van der Waals surface area contributed by atoms with Crippen molar-refractivity contribution in [3.63, 3.8) is 0 Å². The third kappa shape index (κ3) is 6.01. The van der Waals surface area contributed by atoms with E-state index in [2.05, 4.69) is 30.4 Å². The standard InChI is InChI=1S/C31H30N4O4S2/c1-3-4-14-34-28(33-13-12-21-8-6-5-7-9-21)23(20(2)24(17-32)29(34)36)16-27-30(37)35(31(40)41-27)18-22-10-11-25-26(15-22)39-19-38-25/h5-11,15-16,33H,3-4,12-14,18-19H2,1-2H3/b27-16+. The molecule has 10 heteroatoms. The highest BCUT2D eigenvalue weighted by Crippen LogP contribution is 2.37. The van der Waals surface area contributed by atoms with Crippen molar-refractivity contribution in [2.75, 3.05) is 18.7 Å². The fraction of sp³-hybridized carbons (Fsp3) is 0.290. The van der Waals surface area contributed by atoms with Crippen molar-refractivity contribution in [3.05, 3.63) is 91.6 Å². The summed E-state index contributed by atoms with van der Waals surface area (Å²) in [5.41, 5.74) is 2.97. The molecule has 3 heterocycles. The van der Waals surface area contributed by atoms with Crippen LogP contribution in [0.3, 0.4) is 0 Å². The molecule has 2 aromatic carbocycles. The van der Waals surface area contributed by atoms with Crippen LogP contribution in [0.15, 0.2) is 58.2 Å². The number of hydrogen-bond donors (Lipinski definition) is 1. The van der Waals surface area contributed by atoms with E-state index < -0.39 is 0 Å². The van der Waals surface area contributed by atoms with Crippen LogP contribution in [0.2, 0.25) is 0 Å². The van der Waals surface area contributed by atoms with E-state index in [1.807, 2.05) is 36.4 Å². The highest BCUT2D eigenvalue weighted by Gasteiger charge is 2.33. The number of carbonyl (C=O) groups is 1. The molecule has 0 saturated carbocycles. The van der Waals surface area contributed by atoms with E-state index >= 15 is 0 Å². The first-order chi connectivity index (χ1) is 19.9. The molecule has 2 aliphatic heterocycles. The minimum absolute atomic E-state index is 0.0804. The highest BCUT2D eigenvalue weighted by molar-refractivity contribution is 8.26. The van der Waals surface area contributed by atoms with Gasteiger partial charge in [0.15, 0.2) is 11.5 Å². The Bertz CT molecular complexity index is 1630. The molecule has 1 fully saturated rings. The number of pyridine rings is 1. The molecular formula is C31H30N4O4S2. The molecule has 1 saturated heterocycles. The topological polar surface area (TPSA) is 96.6 Å². The molecule has 0 unspecified atom stereocenters. The first-order valence-electron chi connectivity index (χ1n) is 13.5. The number of anilines is 1. The van der Waals surface area contributed by atoms with Gasteiger partial charge < -0.3 is 14.8 Å². The summed E-state index contributed by atoms with van der Waals surface area (Å²) in [7, 11) is 0. The molecule has 0 aliphatic carbocycles. The molecule has 8 nitrogen and oxygen atoms in total. The zero-order valence-electron chi connectivity index (χ0n) is 22.9. The van der Waals surface area contributed by atoms with E-state index in [1.54, 1.807) is 22.5 Å². The fourth-order valence-corrected chi connectivity index (χ4v) is 6.08. The average Bonchev–Trinajstić information content (AvgIpc) is 3.55. The smallest absolute Gasteiger partial charge is 0.270 e. The molecule has 1 aromatic heterocycles. The van der Waals surface area contributed by atoms with Gasteiger partial charge in [0, 0.05) is 18.7 Å². The summed E-state index contributed by atoms with van der Waals surface area (Å²) in [5, 5.41) is 13.4. The number of fused-ring (bicyclic) bond motifs is 1. The van der Waals surface area contributed by atoms with Crippen LogP contribution in [0.1, 0.15) is 47.6 Å². The van der Waals surface area contributed by atoms with Crippen molar-refractivity contribution in [1.82, 2.24) is 9.47 Å². The predicted molar refractivity (Wildman–Crippen MR) is 165 cm³/mol. The number of rotatable bonds is 10. The highest BCUT2D eigenvalue weighted by atomic mass is 32.2. The number of thioether (sulfide) groups is 1. The van der Waals surface area contributed by atoms with Crippen LogP contribution >= 0.6 is 24.0 Å². The minimum atomic E-state index is -0.326. The molecule has 0 radical (unpaired) electrons. The maximum Gasteiger partial charge on any atom is 0.270 e. The number of amides is 1. The second-order valence-corrected chi connectivity index (χ2v) is 11.5. The number of carbonyl (C=O) groups excluding carboxylic acids is 1. The van der Waals surface area contributed by atoms with Gasteiger partial charge >= 0.3 is 0 Å². The minimum Gasteiger partial charge on any atom is -0.454 e. The van der Waals surface area contributed by atoms with Crippen LogP contribution in [0.4, 0.5) is 5.82 Å². The monoisotopic (exact) mass is 586 g/mol. The number of nitriles is 1. The molecule has 0 bridgehead atoms. The molecule has 210 valence electrons. The van der Waals surface area contributed by atoms with Gasteiger partial charge in [0.25, 0.3) is 11.5 Å². The maximum atomic E-state index is 13.6. The molecule has 1 amide bonds. The largest absolute Gasteiger partial charge is 0.454 e. The molecule has 1 N–H and O–H groups in total. The Morgan fingerprint density at radius 1 is 1.12 bits per heavy atom. The number of hydrogen-bond acceptors (Lipinski definition) is 8. The Morgan fingerprint density at radius 2 is 1.90 bits per heavy atom. The van der Waals surface area contributed by atoms with Crippen LogP contribution in [-0.4, -0.2) is 33.0 Å². The van der Waals surface area contributed by atoms with Gasteiger partial charge in [-0.05, 0) is 54.7 Å². The van der Waals surface area contributed by atoms with Gasteiger partial charge in [-0.2, -0.15) is 5.26 Å². The van der Waals surface area contributed by atoms with Crippen molar-refractivity contribution in [2.45, 2.75) is 46.2 Å². The van der Waals surface area contributed by atoms with Crippen LogP contribution in [0.5, 0.6) is 11.5 Å². The van der Waals surface area contributed by atoms with Gasteiger partial charge in [0.05, 0.1) is 11.4 Å². The Hall–Kier alpha value is -4.07. The lowest BCUT2D eigenvalue weighted by Gasteiger charge is -2.20. The van der Waals surface area contributed by atoms with Gasteiger partial charge in [-0.15, -0.1) is 0 Å². The van der Waals surface area contributed by atoms with Gasteiger partial charge in [0.1, 0.15) is 21.8 Å². The van der Waals surface area contributed by atoms with Crippen LogP contribution in [0.25, 0.3) is 6.08 Å². The Morgan fingerprint density at radius 3 is 2.66 bits per heavy atom. The number of nitrogens with one attached hydrogen (secondary N) is 1. The van der Waals surface area contributed by atoms with Crippen molar-refractivity contribution >= 4 is 46.1 Å². The van der Waals surface area contributed by atoms with E-state index in [-0.39, 0.29) is 23.8 Å². The summed E-state index contributed by atoms with van der Waals surface area (Å²) in [6.45, 7) is 5.32. The summed E-state index contributed by atoms with van der Waals surface area (Å²) >= 11 is 6.82. The normalized spacial score (nSPS) is 15.0. The van der Waals surface area contributed by atoms with Crippen LogP contribution < -0.4 is 20.3 Å². The Kier molecular flexibility index (Phi) is 8.76.